The first-order valence-corrected chi connectivity index (χ1v) is 5.47. The van der Waals surface area contributed by atoms with E-state index in [9.17, 15) is 0 Å². The fourth-order valence-corrected chi connectivity index (χ4v) is 2.47. The minimum atomic E-state index is 0.594. The molecular weight excluding hydrogens is 172 g/mol. The van der Waals surface area contributed by atoms with Crippen LogP contribution in [0.2, 0.25) is 0 Å². The number of methoxy groups -OCH3 is 1. The first-order valence-electron chi connectivity index (χ1n) is 4.93. The summed E-state index contributed by atoms with van der Waals surface area (Å²) in [6.07, 6.45) is 6.92. The van der Waals surface area contributed by atoms with Crippen LogP contribution in [-0.2, 0) is 4.74 Å². The van der Waals surface area contributed by atoms with Gasteiger partial charge in [0, 0.05) is 13.0 Å². The molecule has 2 heteroatoms. The molecule has 0 heterocycles. The summed E-state index contributed by atoms with van der Waals surface area (Å²) in [6, 6.07) is 0. The van der Waals surface area contributed by atoms with E-state index in [2.05, 4.69) is 0 Å². The van der Waals surface area contributed by atoms with Crippen molar-refractivity contribution in [3.05, 3.63) is 0 Å². The Bertz CT molecular complexity index is 108. The molecule has 1 nitrogen and oxygen atoms in total. The smallest absolute Gasteiger partial charge is 0.0504 e. The third-order valence-electron chi connectivity index (χ3n) is 2.90. The maximum atomic E-state index is 5.90. The molecule has 1 atom stereocenters. The molecule has 0 radical (unpaired) electrons. The molecule has 0 aliphatic heterocycles. The molecule has 0 aromatic rings. The van der Waals surface area contributed by atoms with Gasteiger partial charge in [-0.05, 0) is 11.8 Å². The average Bonchev–Trinajstić information content (AvgIpc) is 2.15. The average molecular weight is 191 g/mol. The molecule has 0 saturated heterocycles. The van der Waals surface area contributed by atoms with Gasteiger partial charge in [-0.3, -0.25) is 0 Å². The molecular formula is C10H19ClO. The maximum absolute atomic E-state index is 5.90. The van der Waals surface area contributed by atoms with Crippen LogP contribution < -0.4 is 0 Å². The number of rotatable bonds is 4. The van der Waals surface area contributed by atoms with Crippen molar-refractivity contribution in [2.75, 3.05) is 19.6 Å². The number of halogens is 1. The molecule has 1 unspecified atom stereocenters. The third kappa shape index (κ3) is 2.95. The van der Waals surface area contributed by atoms with Gasteiger partial charge in [-0.1, -0.05) is 32.1 Å². The minimum Gasteiger partial charge on any atom is -0.384 e. The van der Waals surface area contributed by atoms with Crippen LogP contribution in [0.4, 0.5) is 0 Å². The van der Waals surface area contributed by atoms with E-state index in [4.69, 9.17) is 16.3 Å². The predicted octanol–water partition coefficient (Wildman–Crippen LogP) is 3.07. The van der Waals surface area contributed by atoms with Crippen LogP contribution in [0.3, 0.4) is 0 Å². The van der Waals surface area contributed by atoms with Crippen LogP contribution in [0, 0.1) is 11.8 Å². The first-order chi connectivity index (χ1) is 5.88. The highest BCUT2D eigenvalue weighted by Gasteiger charge is 2.22. The first kappa shape index (κ1) is 10.3. The summed E-state index contributed by atoms with van der Waals surface area (Å²) in [6.45, 7) is 0.841. The molecule has 12 heavy (non-hydrogen) atoms. The highest BCUT2D eigenvalue weighted by molar-refractivity contribution is 6.18. The van der Waals surface area contributed by atoms with Gasteiger partial charge in [-0.15, -0.1) is 11.6 Å². The summed E-state index contributed by atoms with van der Waals surface area (Å²) < 4.78 is 5.16. The maximum Gasteiger partial charge on any atom is 0.0504 e. The number of hydrogen-bond donors (Lipinski definition) is 0. The summed E-state index contributed by atoms with van der Waals surface area (Å²) in [5.41, 5.74) is 0. The lowest BCUT2D eigenvalue weighted by Gasteiger charge is -2.28. The minimum absolute atomic E-state index is 0.594. The van der Waals surface area contributed by atoms with Gasteiger partial charge in [0.15, 0.2) is 0 Å². The van der Waals surface area contributed by atoms with Crippen molar-refractivity contribution < 1.29 is 4.74 Å². The molecule has 0 bridgehead atoms. The molecule has 1 fully saturated rings. The van der Waals surface area contributed by atoms with E-state index in [0.717, 1.165) is 18.4 Å². The second kappa shape index (κ2) is 5.82. The summed E-state index contributed by atoms with van der Waals surface area (Å²) >= 11 is 5.90. The van der Waals surface area contributed by atoms with Gasteiger partial charge < -0.3 is 4.74 Å². The molecule has 72 valence electrons. The Labute approximate surface area is 80.4 Å². The summed E-state index contributed by atoms with van der Waals surface area (Å²) in [7, 11) is 1.77. The van der Waals surface area contributed by atoms with Crippen molar-refractivity contribution in [2.45, 2.75) is 32.1 Å². The molecule has 0 aromatic carbocycles. The molecule has 0 spiro atoms. The highest BCUT2D eigenvalue weighted by Crippen LogP contribution is 2.30. The van der Waals surface area contributed by atoms with Gasteiger partial charge in [0.25, 0.3) is 0 Å². The van der Waals surface area contributed by atoms with Gasteiger partial charge in [-0.2, -0.15) is 0 Å². The number of alkyl halides is 1. The Morgan fingerprint density at radius 1 is 1.33 bits per heavy atom. The molecule has 0 N–H and O–H groups in total. The van der Waals surface area contributed by atoms with E-state index in [-0.39, 0.29) is 0 Å². The van der Waals surface area contributed by atoms with Crippen LogP contribution in [0.25, 0.3) is 0 Å². The summed E-state index contributed by atoms with van der Waals surface area (Å²) in [4.78, 5) is 0. The quantitative estimate of drug-likeness (QED) is 0.620. The van der Waals surface area contributed by atoms with Crippen LogP contribution >= 0.6 is 11.6 Å². The second-order valence-corrected chi connectivity index (χ2v) is 4.08. The fraction of sp³-hybridized carbons (Fsp3) is 1.00. The fourth-order valence-electron chi connectivity index (χ4n) is 2.13. The van der Waals surface area contributed by atoms with E-state index in [0.29, 0.717) is 5.92 Å². The Morgan fingerprint density at radius 2 is 2.00 bits per heavy atom. The zero-order valence-corrected chi connectivity index (χ0v) is 8.65. The van der Waals surface area contributed by atoms with Crippen LogP contribution in [0.5, 0.6) is 0 Å². The topological polar surface area (TPSA) is 9.23 Å². The van der Waals surface area contributed by atoms with E-state index < -0.39 is 0 Å². The molecule has 1 aliphatic carbocycles. The Hall–Kier alpha value is 0.250. The lowest BCUT2D eigenvalue weighted by atomic mass is 9.81. The van der Waals surface area contributed by atoms with Crippen LogP contribution in [0.15, 0.2) is 0 Å². The van der Waals surface area contributed by atoms with Crippen LogP contribution in [-0.4, -0.2) is 19.6 Å². The normalized spacial score (nSPS) is 22.5. The van der Waals surface area contributed by atoms with Crippen molar-refractivity contribution in [3.8, 4) is 0 Å². The number of hydrogen-bond acceptors (Lipinski definition) is 1. The van der Waals surface area contributed by atoms with Gasteiger partial charge in [0.2, 0.25) is 0 Å². The van der Waals surface area contributed by atoms with E-state index >= 15 is 0 Å². The van der Waals surface area contributed by atoms with Gasteiger partial charge in [0.1, 0.15) is 0 Å². The molecule has 0 amide bonds. The van der Waals surface area contributed by atoms with Crippen molar-refractivity contribution in [1.82, 2.24) is 0 Å². The molecule has 1 aliphatic rings. The van der Waals surface area contributed by atoms with Gasteiger partial charge >= 0.3 is 0 Å². The van der Waals surface area contributed by atoms with Crippen molar-refractivity contribution in [2.24, 2.45) is 11.8 Å². The second-order valence-electron chi connectivity index (χ2n) is 3.77. The monoisotopic (exact) mass is 190 g/mol. The summed E-state index contributed by atoms with van der Waals surface area (Å²) in [5, 5.41) is 0. The Kier molecular flexibility index (Phi) is 5.01. The molecule has 1 rings (SSSR count). The Balaban J connectivity index is 2.29. The van der Waals surface area contributed by atoms with Crippen molar-refractivity contribution >= 4 is 11.6 Å². The third-order valence-corrected chi connectivity index (χ3v) is 3.29. The van der Waals surface area contributed by atoms with E-state index in [1.54, 1.807) is 7.11 Å². The highest BCUT2D eigenvalue weighted by atomic mass is 35.5. The standard InChI is InChI=1S/C10H19ClO/c1-12-8-10(7-11)9-5-3-2-4-6-9/h9-10H,2-8H2,1H3. The Morgan fingerprint density at radius 3 is 2.50 bits per heavy atom. The lowest BCUT2D eigenvalue weighted by Crippen LogP contribution is -2.23. The number of ether oxygens (including phenoxy) is 1. The largest absolute Gasteiger partial charge is 0.384 e. The van der Waals surface area contributed by atoms with Crippen molar-refractivity contribution in [1.29, 1.82) is 0 Å². The summed E-state index contributed by atoms with van der Waals surface area (Å²) in [5.74, 6) is 2.19. The molecule has 0 aromatic heterocycles. The van der Waals surface area contributed by atoms with Crippen molar-refractivity contribution in [3.63, 3.8) is 0 Å². The SMILES string of the molecule is COCC(CCl)C1CCCCC1. The van der Waals surface area contributed by atoms with Crippen LogP contribution in [0.1, 0.15) is 32.1 Å². The van der Waals surface area contributed by atoms with E-state index in [1.807, 2.05) is 0 Å². The zero-order chi connectivity index (χ0) is 8.81. The predicted molar refractivity (Wildman–Crippen MR) is 52.7 cm³/mol. The van der Waals surface area contributed by atoms with Gasteiger partial charge in [0.05, 0.1) is 6.61 Å². The van der Waals surface area contributed by atoms with E-state index in [1.165, 1.54) is 32.1 Å². The lowest BCUT2D eigenvalue weighted by molar-refractivity contribution is 0.116. The zero-order valence-electron chi connectivity index (χ0n) is 7.89. The van der Waals surface area contributed by atoms with Gasteiger partial charge in [-0.25, -0.2) is 0 Å². The molecule has 1 saturated carbocycles.